The van der Waals surface area contributed by atoms with Crippen LogP contribution in [0.3, 0.4) is 0 Å². The monoisotopic (exact) mass is 240 g/mol. The van der Waals surface area contributed by atoms with Crippen LogP contribution >= 0.6 is 11.6 Å². The van der Waals surface area contributed by atoms with Gasteiger partial charge in [0.15, 0.2) is 5.82 Å². The zero-order valence-electron chi connectivity index (χ0n) is 9.56. The van der Waals surface area contributed by atoms with Gasteiger partial charge in [0.2, 0.25) is 0 Å². The number of alkyl halides is 1. The number of anilines is 1. The maximum atomic E-state index is 5.73. The highest BCUT2D eigenvalue weighted by atomic mass is 35.5. The van der Waals surface area contributed by atoms with Crippen molar-refractivity contribution in [3.05, 3.63) is 17.8 Å². The van der Waals surface area contributed by atoms with E-state index in [1.807, 2.05) is 19.1 Å². The molecule has 0 atom stereocenters. The Bertz CT molecular complexity index is 319. The van der Waals surface area contributed by atoms with Gasteiger partial charge in [0.1, 0.15) is 0 Å². The smallest absolute Gasteiger partial charge is 0.151 e. The molecule has 0 saturated carbocycles. The molecule has 5 heteroatoms. The third-order valence-corrected chi connectivity index (χ3v) is 3.05. The topological polar surface area (TPSA) is 32.3 Å². The standard InChI is InChI=1S/C11H17ClN4/c1-10-2-3-11(14-13-10)16-8-6-15(5-4-12)7-9-16/h2-3H,4-9H2,1H3. The number of halogens is 1. The van der Waals surface area contributed by atoms with Crippen molar-refractivity contribution < 1.29 is 0 Å². The summed E-state index contributed by atoms with van der Waals surface area (Å²) in [7, 11) is 0. The van der Waals surface area contributed by atoms with Gasteiger partial charge in [-0.25, -0.2) is 0 Å². The Morgan fingerprint density at radius 3 is 2.50 bits per heavy atom. The first-order chi connectivity index (χ1) is 7.79. The molecule has 0 unspecified atom stereocenters. The molecule has 1 fully saturated rings. The minimum atomic E-state index is 0.713. The van der Waals surface area contributed by atoms with Gasteiger partial charge in [-0.05, 0) is 19.1 Å². The van der Waals surface area contributed by atoms with Gasteiger partial charge in [-0.15, -0.1) is 16.7 Å². The number of hydrogen-bond donors (Lipinski definition) is 0. The molecule has 0 spiro atoms. The van der Waals surface area contributed by atoms with Crippen LogP contribution in [0.5, 0.6) is 0 Å². The third-order valence-electron chi connectivity index (χ3n) is 2.88. The van der Waals surface area contributed by atoms with Crippen LogP contribution in [0.15, 0.2) is 12.1 Å². The summed E-state index contributed by atoms with van der Waals surface area (Å²) in [5, 5.41) is 8.29. The van der Waals surface area contributed by atoms with Crippen molar-refractivity contribution in [2.24, 2.45) is 0 Å². The lowest BCUT2D eigenvalue weighted by Crippen LogP contribution is -2.47. The zero-order valence-corrected chi connectivity index (χ0v) is 10.3. The van der Waals surface area contributed by atoms with E-state index in [2.05, 4.69) is 20.0 Å². The van der Waals surface area contributed by atoms with Crippen molar-refractivity contribution in [1.82, 2.24) is 15.1 Å². The van der Waals surface area contributed by atoms with Crippen LogP contribution in [0.4, 0.5) is 5.82 Å². The second kappa shape index (κ2) is 5.46. The molecule has 1 saturated heterocycles. The van der Waals surface area contributed by atoms with Crippen LogP contribution in [0, 0.1) is 6.92 Å². The highest BCUT2D eigenvalue weighted by molar-refractivity contribution is 6.18. The number of aryl methyl sites for hydroxylation is 1. The minimum Gasteiger partial charge on any atom is -0.353 e. The zero-order chi connectivity index (χ0) is 11.4. The van der Waals surface area contributed by atoms with Gasteiger partial charge in [-0.1, -0.05) is 0 Å². The number of nitrogens with zero attached hydrogens (tertiary/aromatic N) is 4. The molecular formula is C11H17ClN4. The largest absolute Gasteiger partial charge is 0.353 e. The maximum absolute atomic E-state index is 5.73. The van der Waals surface area contributed by atoms with Gasteiger partial charge in [-0.3, -0.25) is 4.90 Å². The predicted octanol–water partition coefficient (Wildman–Crippen LogP) is 1.15. The van der Waals surface area contributed by atoms with Gasteiger partial charge in [0, 0.05) is 38.6 Å². The highest BCUT2D eigenvalue weighted by Crippen LogP contribution is 2.12. The van der Waals surface area contributed by atoms with Crippen LogP contribution < -0.4 is 4.90 Å². The van der Waals surface area contributed by atoms with Crippen molar-refractivity contribution in [3.8, 4) is 0 Å². The molecule has 16 heavy (non-hydrogen) atoms. The molecule has 2 rings (SSSR count). The average molecular weight is 241 g/mol. The molecule has 88 valence electrons. The lowest BCUT2D eigenvalue weighted by atomic mass is 10.3. The Kier molecular flexibility index (Phi) is 3.96. The van der Waals surface area contributed by atoms with Crippen molar-refractivity contribution in [3.63, 3.8) is 0 Å². The van der Waals surface area contributed by atoms with Crippen LogP contribution in [-0.4, -0.2) is 53.7 Å². The number of piperazine rings is 1. The summed E-state index contributed by atoms with van der Waals surface area (Å²) in [5.74, 6) is 1.70. The summed E-state index contributed by atoms with van der Waals surface area (Å²) in [5.41, 5.74) is 0.963. The minimum absolute atomic E-state index is 0.713. The van der Waals surface area contributed by atoms with E-state index in [0.717, 1.165) is 44.2 Å². The van der Waals surface area contributed by atoms with Gasteiger partial charge >= 0.3 is 0 Å². The molecular weight excluding hydrogens is 224 g/mol. The molecule has 4 nitrogen and oxygen atoms in total. The Balaban J connectivity index is 1.91. The van der Waals surface area contributed by atoms with Crippen molar-refractivity contribution in [2.45, 2.75) is 6.92 Å². The number of rotatable bonds is 3. The number of hydrogen-bond acceptors (Lipinski definition) is 4. The first-order valence-electron chi connectivity index (χ1n) is 5.63. The fraction of sp³-hybridized carbons (Fsp3) is 0.636. The summed E-state index contributed by atoms with van der Waals surface area (Å²) in [6.07, 6.45) is 0. The molecule has 0 aliphatic carbocycles. The third kappa shape index (κ3) is 2.83. The van der Waals surface area contributed by atoms with Crippen LogP contribution in [0.2, 0.25) is 0 Å². The van der Waals surface area contributed by atoms with E-state index in [0.29, 0.717) is 5.88 Å². The summed E-state index contributed by atoms with van der Waals surface area (Å²) in [6.45, 7) is 7.07. The SMILES string of the molecule is Cc1ccc(N2CCN(CCCl)CC2)nn1. The van der Waals surface area contributed by atoms with Crippen LogP contribution in [-0.2, 0) is 0 Å². The van der Waals surface area contributed by atoms with Crippen molar-refractivity contribution >= 4 is 17.4 Å². The molecule has 1 aromatic heterocycles. The van der Waals surface area contributed by atoms with E-state index in [1.54, 1.807) is 0 Å². The van der Waals surface area contributed by atoms with Crippen LogP contribution in [0.1, 0.15) is 5.69 Å². The maximum Gasteiger partial charge on any atom is 0.151 e. The molecule has 0 N–H and O–H groups in total. The Labute approximate surface area is 101 Å². The molecule has 1 aliphatic rings. The molecule has 0 amide bonds. The van der Waals surface area contributed by atoms with Gasteiger partial charge < -0.3 is 4.90 Å². The summed E-state index contributed by atoms with van der Waals surface area (Å²) < 4.78 is 0. The molecule has 0 aromatic carbocycles. The molecule has 0 radical (unpaired) electrons. The average Bonchev–Trinajstić information content (AvgIpc) is 2.32. The lowest BCUT2D eigenvalue weighted by molar-refractivity contribution is 0.272. The van der Waals surface area contributed by atoms with Gasteiger partial charge in [0.25, 0.3) is 0 Å². The molecule has 0 bridgehead atoms. The van der Waals surface area contributed by atoms with E-state index >= 15 is 0 Å². The molecule has 1 aliphatic heterocycles. The summed E-state index contributed by atoms with van der Waals surface area (Å²) >= 11 is 5.73. The van der Waals surface area contributed by atoms with E-state index in [9.17, 15) is 0 Å². The van der Waals surface area contributed by atoms with E-state index in [-0.39, 0.29) is 0 Å². The highest BCUT2D eigenvalue weighted by Gasteiger charge is 2.17. The van der Waals surface area contributed by atoms with Crippen molar-refractivity contribution in [2.75, 3.05) is 43.5 Å². The van der Waals surface area contributed by atoms with E-state index < -0.39 is 0 Å². The second-order valence-electron chi connectivity index (χ2n) is 4.05. The molecule has 2 heterocycles. The lowest BCUT2D eigenvalue weighted by Gasteiger charge is -2.34. The normalized spacial score (nSPS) is 17.8. The van der Waals surface area contributed by atoms with E-state index in [1.165, 1.54) is 0 Å². The first kappa shape index (κ1) is 11.6. The van der Waals surface area contributed by atoms with Gasteiger partial charge in [0.05, 0.1) is 5.69 Å². The van der Waals surface area contributed by atoms with E-state index in [4.69, 9.17) is 11.6 Å². The van der Waals surface area contributed by atoms with Gasteiger partial charge in [-0.2, -0.15) is 5.10 Å². The predicted molar refractivity (Wildman–Crippen MR) is 66.1 cm³/mol. The Hall–Kier alpha value is -0.870. The fourth-order valence-corrected chi connectivity index (χ4v) is 2.12. The van der Waals surface area contributed by atoms with Crippen LogP contribution in [0.25, 0.3) is 0 Å². The Morgan fingerprint density at radius 1 is 1.19 bits per heavy atom. The second-order valence-corrected chi connectivity index (χ2v) is 4.43. The Morgan fingerprint density at radius 2 is 1.94 bits per heavy atom. The summed E-state index contributed by atoms with van der Waals surface area (Å²) in [6, 6.07) is 4.05. The first-order valence-corrected chi connectivity index (χ1v) is 6.16. The fourth-order valence-electron chi connectivity index (χ4n) is 1.88. The quantitative estimate of drug-likeness (QED) is 0.742. The van der Waals surface area contributed by atoms with Crippen molar-refractivity contribution in [1.29, 1.82) is 0 Å². The number of aromatic nitrogens is 2. The molecule has 1 aromatic rings. The summed E-state index contributed by atoms with van der Waals surface area (Å²) in [4.78, 5) is 4.66.